The van der Waals surface area contributed by atoms with Crippen molar-refractivity contribution in [3.8, 4) is 0 Å². The maximum absolute atomic E-state index is 12.4. The lowest BCUT2D eigenvalue weighted by atomic mass is 10.0. The van der Waals surface area contributed by atoms with Gasteiger partial charge in [-0.2, -0.15) is 0 Å². The van der Waals surface area contributed by atoms with E-state index in [-0.39, 0.29) is 37.4 Å². The minimum absolute atomic E-state index is 0.105. The second-order valence-corrected chi connectivity index (χ2v) is 7.67. The number of hydrogen-bond acceptors (Lipinski definition) is 6. The van der Waals surface area contributed by atoms with E-state index >= 15 is 0 Å². The molecule has 2 heterocycles. The summed E-state index contributed by atoms with van der Waals surface area (Å²) < 4.78 is 11.1. The van der Waals surface area contributed by atoms with Crippen LogP contribution in [0.15, 0.2) is 42.5 Å². The van der Waals surface area contributed by atoms with Crippen molar-refractivity contribution in [2.45, 2.75) is 37.6 Å². The highest BCUT2D eigenvalue weighted by molar-refractivity contribution is 5.79. The zero-order chi connectivity index (χ0) is 21.3. The summed E-state index contributed by atoms with van der Waals surface area (Å²) in [6.07, 6.45) is 2.70. The van der Waals surface area contributed by atoms with Gasteiger partial charge in [0.25, 0.3) is 0 Å². The zero-order valence-corrected chi connectivity index (χ0v) is 17.3. The molecule has 0 bridgehead atoms. The molecule has 8 nitrogen and oxygen atoms in total. The zero-order valence-electron chi connectivity index (χ0n) is 17.3. The molecule has 2 amide bonds. The number of benzene rings is 1. The van der Waals surface area contributed by atoms with Crippen LogP contribution in [0.1, 0.15) is 24.9 Å². The fourth-order valence-electron chi connectivity index (χ4n) is 3.64. The Balaban J connectivity index is 1.47. The Hall–Kier alpha value is -2.26. The van der Waals surface area contributed by atoms with Gasteiger partial charge in [0, 0.05) is 13.1 Å². The van der Waals surface area contributed by atoms with Gasteiger partial charge in [-0.3, -0.25) is 14.5 Å². The van der Waals surface area contributed by atoms with E-state index in [0.29, 0.717) is 13.2 Å². The summed E-state index contributed by atoms with van der Waals surface area (Å²) in [5.41, 5.74) is 1.03. The van der Waals surface area contributed by atoms with Crippen molar-refractivity contribution in [1.29, 1.82) is 0 Å². The van der Waals surface area contributed by atoms with E-state index in [1.54, 1.807) is 12.2 Å². The number of carbonyl (C=O) groups excluding carboxylic acids is 2. The smallest absolute Gasteiger partial charge is 0.234 e. The second kappa shape index (κ2) is 11.2. The van der Waals surface area contributed by atoms with E-state index in [9.17, 15) is 14.7 Å². The molecule has 3 N–H and O–H groups in total. The number of nitrogens with zero attached hydrogens (tertiary/aromatic N) is 1. The van der Waals surface area contributed by atoms with Crippen molar-refractivity contribution < 1.29 is 24.2 Å². The Morgan fingerprint density at radius 2 is 1.90 bits per heavy atom. The summed E-state index contributed by atoms with van der Waals surface area (Å²) in [6, 6.07) is 9.21. The van der Waals surface area contributed by atoms with Gasteiger partial charge in [-0.1, -0.05) is 42.5 Å². The first-order valence-electron chi connectivity index (χ1n) is 10.4. The van der Waals surface area contributed by atoms with Crippen molar-refractivity contribution in [2.24, 2.45) is 0 Å². The summed E-state index contributed by atoms with van der Waals surface area (Å²) in [7, 11) is 0. The van der Waals surface area contributed by atoms with Crippen molar-refractivity contribution in [3.05, 3.63) is 48.0 Å². The van der Waals surface area contributed by atoms with E-state index < -0.39 is 18.2 Å². The van der Waals surface area contributed by atoms with Crippen molar-refractivity contribution in [3.63, 3.8) is 0 Å². The van der Waals surface area contributed by atoms with Gasteiger partial charge in [-0.05, 0) is 12.5 Å². The van der Waals surface area contributed by atoms with Crippen molar-refractivity contribution in [2.75, 3.05) is 39.5 Å². The van der Waals surface area contributed by atoms with Gasteiger partial charge in [-0.15, -0.1) is 0 Å². The van der Waals surface area contributed by atoms with Crippen LogP contribution in [0.4, 0.5) is 0 Å². The highest BCUT2D eigenvalue weighted by atomic mass is 16.5. The van der Waals surface area contributed by atoms with Gasteiger partial charge in [0.1, 0.15) is 6.10 Å². The van der Waals surface area contributed by atoms with Gasteiger partial charge in [0.05, 0.1) is 51.0 Å². The van der Waals surface area contributed by atoms with Crippen molar-refractivity contribution >= 4 is 11.8 Å². The number of carbonyl (C=O) groups is 2. The fraction of sp³-hybridized carbons (Fsp3) is 0.545. The first-order valence-corrected chi connectivity index (χ1v) is 10.4. The molecule has 0 spiro atoms. The summed E-state index contributed by atoms with van der Waals surface area (Å²) in [5, 5.41) is 15.6. The molecule has 30 heavy (non-hydrogen) atoms. The Morgan fingerprint density at radius 1 is 1.17 bits per heavy atom. The quantitative estimate of drug-likeness (QED) is 0.529. The Kier molecular flexibility index (Phi) is 8.39. The van der Waals surface area contributed by atoms with Crippen LogP contribution in [-0.2, 0) is 19.1 Å². The predicted molar refractivity (Wildman–Crippen MR) is 112 cm³/mol. The number of aliphatic hydroxyl groups is 1. The molecule has 3 rings (SSSR count). The van der Waals surface area contributed by atoms with Gasteiger partial charge in [-0.25, -0.2) is 0 Å². The van der Waals surface area contributed by atoms with E-state index in [1.807, 2.05) is 42.2 Å². The third-order valence-corrected chi connectivity index (χ3v) is 5.33. The lowest BCUT2D eigenvalue weighted by Gasteiger charge is -2.33. The fourth-order valence-corrected chi connectivity index (χ4v) is 3.64. The standard InChI is InChI=1S/C22H31N3O5/c1-16(17-5-3-2-4-6-17)23-21(27)13-18-7-8-19(20(15-26)30-18)24-22(28)14-25-9-11-29-12-10-25/h2-8,16,18-20,26H,9-15H2,1H3,(H,23,27)(H,24,28)/t16-,18+,19+,20+/m0/s1. The molecule has 1 saturated heterocycles. The van der Waals surface area contributed by atoms with E-state index in [4.69, 9.17) is 9.47 Å². The van der Waals surface area contributed by atoms with E-state index in [1.165, 1.54) is 0 Å². The first kappa shape index (κ1) is 22.4. The Morgan fingerprint density at radius 3 is 2.60 bits per heavy atom. The van der Waals surface area contributed by atoms with Crippen LogP contribution in [0.3, 0.4) is 0 Å². The maximum atomic E-state index is 12.4. The van der Waals surface area contributed by atoms with Crippen LogP contribution in [0.25, 0.3) is 0 Å². The molecule has 2 aliphatic heterocycles. The molecule has 2 aliphatic rings. The monoisotopic (exact) mass is 417 g/mol. The molecule has 0 saturated carbocycles. The van der Waals surface area contributed by atoms with Crippen LogP contribution >= 0.6 is 0 Å². The van der Waals surface area contributed by atoms with Crippen LogP contribution in [0.2, 0.25) is 0 Å². The highest BCUT2D eigenvalue weighted by Gasteiger charge is 2.29. The topological polar surface area (TPSA) is 100 Å². The number of amides is 2. The SMILES string of the molecule is C[C@H](NC(=O)C[C@H]1C=C[C@@H](NC(=O)CN2CCOCC2)[C@@H](CO)O1)c1ccccc1. The molecule has 4 atom stereocenters. The first-order chi connectivity index (χ1) is 14.5. The number of nitrogens with one attached hydrogen (secondary N) is 2. The molecular weight excluding hydrogens is 386 g/mol. The van der Waals surface area contributed by atoms with E-state index in [2.05, 4.69) is 10.6 Å². The summed E-state index contributed by atoms with van der Waals surface area (Å²) >= 11 is 0. The third-order valence-electron chi connectivity index (χ3n) is 5.33. The second-order valence-electron chi connectivity index (χ2n) is 7.67. The van der Waals surface area contributed by atoms with Crippen molar-refractivity contribution in [1.82, 2.24) is 15.5 Å². The molecular formula is C22H31N3O5. The van der Waals surface area contributed by atoms with Gasteiger partial charge in [0.2, 0.25) is 11.8 Å². The van der Waals surface area contributed by atoms with Gasteiger partial charge >= 0.3 is 0 Å². The van der Waals surface area contributed by atoms with Crippen LogP contribution in [0.5, 0.6) is 0 Å². The minimum atomic E-state index is -0.590. The lowest BCUT2D eigenvalue weighted by Crippen LogP contribution is -2.52. The normalized spacial score (nSPS) is 25.5. The number of morpholine rings is 1. The third kappa shape index (κ3) is 6.63. The summed E-state index contributed by atoms with van der Waals surface area (Å²) in [5.74, 6) is -0.256. The Bertz CT molecular complexity index is 721. The molecule has 0 radical (unpaired) electrons. The van der Waals surface area contributed by atoms with Crippen LogP contribution in [0, 0.1) is 0 Å². The molecule has 1 fully saturated rings. The number of ether oxygens (including phenoxy) is 2. The molecule has 0 unspecified atom stereocenters. The highest BCUT2D eigenvalue weighted by Crippen LogP contribution is 2.17. The van der Waals surface area contributed by atoms with Crippen LogP contribution in [-0.4, -0.2) is 79.5 Å². The van der Waals surface area contributed by atoms with Gasteiger partial charge < -0.3 is 25.2 Å². The molecule has 0 aromatic heterocycles. The molecule has 1 aromatic carbocycles. The van der Waals surface area contributed by atoms with Crippen LogP contribution < -0.4 is 10.6 Å². The lowest BCUT2D eigenvalue weighted by molar-refractivity contribution is -0.129. The van der Waals surface area contributed by atoms with Gasteiger partial charge in [0.15, 0.2) is 0 Å². The number of aliphatic hydroxyl groups excluding tert-OH is 1. The average Bonchev–Trinajstić information content (AvgIpc) is 2.76. The number of hydrogen-bond donors (Lipinski definition) is 3. The molecule has 164 valence electrons. The average molecular weight is 418 g/mol. The summed E-state index contributed by atoms with van der Waals surface area (Å²) in [4.78, 5) is 26.8. The maximum Gasteiger partial charge on any atom is 0.234 e. The van der Waals surface area contributed by atoms with E-state index in [0.717, 1.165) is 18.7 Å². The minimum Gasteiger partial charge on any atom is -0.394 e. The largest absolute Gasteiger partial charge is 0.394 e. The predicted octanol–water partition coefficient (Wildman–Crippen LogP) is 0.387. The molecule has 1 aromatic rings. The molecule has 8 heteroatoms. The number of rotatable bonds is 8. The summed E-state index contributed by atoms with van der Waals surface area (Å²) in [6.45, 7) is 4.69. The molecule has 0 aliphatic carbocycles. The Labute approximate surface area is 177 Å².